The maximum atomic E-state index is 6.03. The summed E-state index contributed by atoms with van der Waals surface area (Å²) in [5.74, 6) is 0.853. The standard InChI is InChI=1S/C14H20O3.C4H8.C3H2N.C2H6/c1-3-12-9-11(2)16-14(17-12)10-15-13-7-5-4-6-8-13;2*1-3-4-2;1-2/h4-8,11-12,14H,3,9-10H2,1-2H3;3-4H,1-2H3;2H2;1-2H3/q;;-1;/p+1/b;4-3+;;. The summed E-state index contributed by atoms with van der Waals surface area (Å²) in [5.41, 5.74) is 0. The lowest BCUT2D eigenvalue weighted by molar-refractivity contribution is -0.336. The topological polar surface area (TPSA) is 41.7 Å². The van der Waals surface area contributed by atoms with Crippen LogP contribution in [0.25, 0.3) is 0 Å². The van der Waals surface area contributed by atoms with E-state index < -0.39 is 0 Å². The fraction of sp³-hybridized carbons (Fsp3) is 0.522. The second kappa shape index (κ2) is 20.2. The molecule has 4 heteroatoms. The Bertz CT molecular complexity index is 504. The molecule has 0 spiro atoms. The molecule has 152 valence electrons. The molecule has 4 nitrogen and oxygen atoms in total. The molecule has 3 atom stereocenters. The van der Waals surface area contributed by atoms with Crippen molar-refractivity contribution in [3.8, 4) is 11.8 Å². The largest absolute Gasteiger partial charge is 0.614 e. The van der Waals surface area contributed by atoms with Crippen molar-refractivity contribution in [2.45, 2.75) is 72.9 Å². The van der Waals surface area contributed by atoms with Crippen LogP contribution < -0.4 is 9.73 Å². The minimum absolute atomic E-state index is 0.246. The summed E-state index contributed by atoms with van der Waals surface area (Å²) in [6.07, 6.45) is 12.3. The molecule has 3 unspecified atom stereocenters. The first-order valence-electron chi connectivity index (χ1n) is 9.61. The highest BCUT2D eigenvalue weighted by Gasteiger charge is 2.26. The van der Waals surface area contributed by atoms with Crippen LogP contribution in [0.15, 0.2) is 42.5 Å². The molecule has 0 radical (unpaired) electrons. The van der Waals surface area contributed by atoms with Gasteiger partial charge in [-0.15, -0.1) is 0 Å². The van der Waals surface area contributed by atoms with Crippen LogP contribution >= 0.6 is 0 Å². The van der Waals surface area contributed by atoms with Gasteiger partial charge < -0.3 is 20.6 Å². The van der Waals surface area contributed by atoms with Gasteiger partial charge in [-0.3, -0.25) is 0 Å². The van der Waals surface area contributed by atoms with Gasteiger partial charge >= 0.3 is 0 Å². The minimum Gasteiger partial charge on any atom is -0.614 e. The fourth-order valence-electron chi connectivity index (χ4n) is 2.01. The van der Waals surface area contributed by atoms with Crippen molar-refractivity contribution in [2.75, 3.05) is 6.61 Å². The number of rotatable bonds is 4. The van der Waals surface area contributed by atoms with Crippen molar-refractivity contribution in [2.24, 2.45) is 0 Å². The summed E-state index contributed by atoms with van der Waals surface area (Å²) in [7, 11) is 0. The summed E-state index contributed by atoms with van der Waals surface area (Å²) in [6.45, 7) is 15.7. The quantitative estimate of drug-likeness (QED) is 0.285. The van der Waals surface area contributed by atoms with Gasteiger partial charge in [-0.05, 0) is 51.8 Å². The van der Waals surface area contributed by atoms with Crippen LogP contribution in [0.3, 0.4) is 0 Å². The second-order valence-electron chi connectivity index (χ2n) is 5.37. The molecule has 0 amide bonds. The average molecular weight is 376 g/mol. The van der Waals surface area contributed by atoms with E-state index in [1.54, 1.807) is 0 Å². The van der Waals surface area contributed by atoms with E-state index in [1.165, 1.54) is 0 Å². The fourth-order valence-corrected chi connectivity index (χ4v) is 2.01. The Labute approximate surface area is 166 Å². The number of hydrogen-bond acceptors (Lipinski definition) is 3. The van der Waals surface area contributed by atoms with Crippen LogP contribution in [0.1, 0.15) is 54.4 Å². The molecule has 1 aliphatic heterocycles. The molecule has 0 aromatic heterocycles. The van der Waals surface area contributed by atoms with E-state index in [0.717, 1.165) is 18.6 Å². The van der Waals surface area contributed by atoms with Crippen molar-refractivity contribution in [1.82, 2.24) is 0 Å². The highest BCUT2D eigenvalue weighted by molar-refractivity contribution is 5.20. The lowest BCUT2D eigenvalue weighted by Gasteiger charge is -2.33. The third-order valence-electron chi connectivity index (χ3n) is 3.33. The first-order chi connectivity index (χ1) is 13.1. The molecule has 1 fully saturated rings. The number of nitrogens with one attached hydrogen (secondary N) is 1. The Balaban J connectivity index is 0. The van der Waals surface area contributed by atoms with E-state index in [4.69, 9.17) is 20.6 Å². The van der Waals surface area contributed by atoms with E-state index in [2.05, 4.69) is 25.6 Å². The predicted molar refractivity (Wildman–Crippen MR) is 113 cm³/mol. The van der Waals surface area contributed by atoms with Crippen LogP contribution in [0.5, 0.6) is 5.75 Å². The van der Waals surface area contributed by atoms with Crippen molar-refractivity contribution in [1.29, 1.82) is 0 Å². The Kier molecular flexibility index (Phi) is 20.3. The summed E-state index contributed by atoms with van der Waals surface area (Å²) >= 11 is 0. The molecule has 1 aromatic carbocycles. The van der Waals surface area contributed by atoms with Crippen LogP contribution in [0.2, 0.25) is 0 Å². The highest BCUT2D eigenvalue weighted by atomic mass is 16.7. The third-order valence-corrected chi connectivity index (χ3v) is 3.33. The zero-order chi connectivity index (χ0) is 20.9. The van der Waals surface area contributed by atoms with Gasteiger partial charge in [-0.25, -0.2) is 4.99 Å². The maximum Gasteiger partial charge on any atom is 0.192 e. The zero-order valence-electron chi connectivity index (χ0n) is 17.8. The van der Waals surface area contributed by atoms with Gasteiger partial charge in [0, 0.05) is 0 Å². The summed E-state index contributed by atoms with van der Waals surface area (Å²) < 4.78 is 17.1. The molecule has 2 rings (SSSR count). The Morgan fingerprint density at radius 3 is 2.22 bits per heavy atom. The van der Waals surface area contributed by atoms with E-state index in [1.807, 2.05) is 76.2 Å². The number of ether oxygens (including phenoxy) is 3. The molecule has 1 saturated heterocycles. The van der Waals surface area contributed by atoms with Gasteiger partial charge in [0.25, 0.3) is 0 Å². The van der Waals surface area contributed by atoms with Crippen LogP contribution in [-0.4, -0.2) is 31.8 Å². The highest BCUT2D eigenvalue weighted by Crippen LogP contribution is 2.21. The summed E-state index contributed by atoms with van der Waals surface area (Å²) in [5, 5.41) is 0. The number of benzene rings is 1. The molecule has 1 heterocycles. The molecular formula is C23H37NO3. The van der Waals surface area contributed by atoms with E-state index >= 15 is 0 Å². The number of allylic oxidation sites excluding steroid dienone is 2. The van der Waals surface area contributed by atoms with E-state index in [-0.39, 0.29) is 12.4 Å². The average Bonchev–Trinajstić information content (AvgIpc) is 2.74. The molecule has 1 N–H and O–H groups in total. The minimum atomic E-state index is -0.246. The Morgan fingerprint density at radius 2 is 1.78 bits per heavy atom. The van der Waals surface area contributed by atoms with Crippen molar-refractivity contribution in [3.05, 3.63) is 48.9 Å². The SMILES string of the molecule is C/C=C/C.CC.CCC1CC(C)OC(COc2ccccc2)O1.[C-]#C[NH+]=C. The molecule has 0 saturated carbocycles. The van der Waals surface area contributed by atoms with E-state index in [0.29, 0.717) is 12.7 Å². The third kappa shape index (κ3) is 15.9. The maximum absolute atomic E-state index is 6.03. The first kappa shape index (κ1) is 27.1. The van der Waals surface area contributed by atoms with Gasteiger partial charge in [-0.2, -0.15) is 0 Å². The normalized spacial score (nSPS) is 20.4. The summed E-state index contributed by atoms with van der Waals surface area (Å²) in [6, 6.07) is 11.6. The van der Waals surface area contributed by atoms with Crippen molar-refractivity contribution >= 4 is 6.72 Å². The van der Waals surface area contributed by atoms with Crippen LogP contribution in [-0.2, 0) is 9.47 Å². The van der Waals surface area contributed by atoms with Gasteiger partial charge in [0.1, 0.15) is 19.1 Å². The van der Waals surface area contributed by atoms with Crippen LogP contribution in [0, 0.1) is 12.5 Å². The zero-order valence-corrected chi connectivity index (χ0v) is 17.8. The molecule has 1 aromatic rings. The number of para-hydroxylation sites is 1. The molecule has 1 aliphatic rings. The summed E-state index contributed by atoms with van der Waals surface area (Å²) in [4.78, 5) is 2.10. The lowest BCUT2D eigenvalue weighted by Crippen LogP contribution is -2.58. The van der Waals surface area contributed by atoms with Crippen LogP contribution in [0.4, 0.5) is 0 Å². The molecule has 0 aliphatic carbocycles. The molecule has 27 heavy (non-hydrogen) atoms. The smallest absolute Gasteiger partial charge is 0.192 e. The van der Waals surface area contributed by atoms with Gasteiger partial charge in [0.2, 0.25) is 0 Å². The molecule has 0 bridgehead atoms. The predicted octanol–water partition coefficient (Wildman–Crippen LogP) is 3.92. The van der Waals surface area contributed by atoms with Gasteiger partial charge in [-0.1, -0.05) is 51.1 Å². The van der Waals surface area contributed by atoms with Gasteiger partial charge in [0.15, 0.2) is 6.29 Å². The number of hydrogen-bond donors (Lipinski definition) is 1. The first-order valence-corrected chi connectivity index (χ1v) is 9.61. The van der Waals surface area contributed by atoms with Crippen molar-refractivity contribution < 1.29 is 19.2 Å². The lowest BCUT2D eigenvalue weighted by atomic mass is 10.1. The van der Waals surface area contributed by atoms with Crippen molar-refractivity contribution in [3.63, 3.8) is 0 Å². The second-order valence-corrected chi connectivity index (χ2v) is 5.37. The Hall–Kier alpha value is -2.09. The Morgan fingerprint density at radius 1 is 1.22 bits per heavy atom. The van der Waals surface area contributed by atoms with E-state index in [9.17, 15) is 0 Å². The van der Waals surface area contributed by atoms with Gasteiger partial charge in [0.05, 0.1) is 12.2 Å². The molecular weight excluding hydrogens is 338 g/mol. The monoisotopic (exact) mass is 375 g/mol.